The summed E-state index contributed by atoms with van der Waals surface area (Å²) in [6.07, 6.45) is 1.88. The molecule has 1 aromatic heterocycles. The van der Waals surface area contributed by atoms with Crippen LogP contribution < -0.4 is 10.9 Å². The van der Waals surface area contributed by atoms with Crippen molar-refractivity contribution in [3.05, 3.63) is 68.9 Å². The summed E-state index contributed by atoms with van der Waals surface area (Å²) in [6.45, 7) is 1.09. The third-order valence-corrected chi connectivity index (χ3v) is 5.41. The highest BCUT2D eigenvalue weighted by molar-refractivity contribution is 9.10. The molecule has 2 aromatic carbocycles. The molecule has 0 unspecified atom stereocenters. The van der Waals surface area contributed by atoms with Crippen LogP contribution in [0.3, 0.4) is 0 Å². The maximum absolute atomic E-state index is 14.3. The molecule has 1 aliphatic heterocycles. The Morgan fingerprint density at radius 1 is 1.31 bits per heavy atom. The van der Waals surface area contributed by atoms with E-state index in [9.17, 15) is 9.18 Å². The molecular formula is C21H17BrClFN2O3. The van der Waals surface area contributed by atoms with E-state index < -0.39 is 5.82 Å². The van der Waals surface area contributed by atoms with Gasteiger partial charge in [-0.3, -0.25) is 4.79 Å². The molecule has 8 heteroatoms. The number of halogens is 3. The lowest BCUT2D eigenvalue weighted by atomic mass is 10.1. The standard InChI is InChI=1S/C21H17BrClFN2O3/c22-13-6-7-18-12(9-13)10-15(20(27)25-11-14-3-2-8-28-14)21(29-18)26-17-5-1-4-16(23)19(17)24/h1,4-7,9-10,14H,2-3,8,11H2,(H,25,27)/t14-/m1/s1. The predicted molar refractivity (Wildman–Crippen MR) is 112 cm³/mol. The van der Waals surface area contributed by atoms with Crippen molar-refractivity contribution in [2.75, 3.05) is 13.2 Å². The topological polar surface area (TPSA) is 63.8 Å². The quantitative estimate of drug-likeness (QED) is 0.564. The normalized spacial score (nSPS) is 17.1. The van der Waals surface area contributed by atoms with Crippen molar-refractivity contribution in [2.45, 2.75) is 18.9 Å². The van der Waals surface area contributed by atoms with Crippen LogP contribution in [0.5, 0.6) is 0 Å². The van der Waals surface area contributed by atoms with Crippen molar-refractivity contribution in [1.29, 1.82) is 0 Å². The van der Waals surface area contributed by atoms with Crippen LogP contribution in [-0.4, -0.2) is 25.2 Å². The maximum Gasteiger partial charge on any atom is 0.256 e. The van der Waals surface area contributed by atoms with E-state index in [-0.39, 0.29) is 33.8 Å². The summed E-state index contributed by atoms with van der Waals surface area (Å²) in [6, 6.07) is 11.6. The van der Waals surface area contributed by atoms with Crippen molar-refractivity contribution in [3.8, 4) is 0 Å². The number of amides is 1. The Morgan fingerprint density at radius 3 is 2.97 bits per heavy atom. The number of nitrogens with one attached hydrogen (secondary N) is 1. The smallest absolute Gasteiger partial charge is 0.256 e. The van der Waals surface area contributed by atoms with Crippen molar-refractivity contribution in [2.24, 2.45) is 4.99 Å². The molecule has 0 aliphatic carbocycles. The zero-order valence-corrected chi connectivity index (χ0v) is 17.6. The van der Waals surface area contributed by atoms with Gasteiger partial charge in [0.15, 0.2) is 5.82 Å². The second kappa shape index (κ2) is 8.65. The Morgan fingerprint density at radius 2 is 2.17 bits per heavy atom. The Hall–Kier alpha value is -2.22. The number of carbonyl (C=O) groups excluding carboxylic acids is 1. The fourth-order valence-corrected chi connectivity index (χ4v) is 3.69. The number of hydrogen-bond acceptors (Lipinski definition) is 4. The van der Waals surface area contributed by atoms with Gasteiger partial charge >= 0.3 is 0 Å². The van der Waals surface area contributed by atoms with Crippen molar-refractivity contribution >= 4 is 50.1 Å². The van der Waals surface area contributed by atoms with Gasteiger partial charge in [-0.25, -0.2) is 9.38 Å². The summed E-state index contributed by atoms with van der Waals surface area (Å²) in [5, 5.41) is 3.52. The van der Waals surface area contributed by atoms with Gasteiger partial charge in [-0.05, 0) is 49.2 Å². The van der Waals surface area contributed by atoms with Gasteiger partial charge in [0.05, 0.1) is 11.1 Å². The van der Waals surface area contributed by atoms with Crippen LogP contribution in [0.1, 0.15) is 23.2 Å². The minimum atomic E-state index is -0.675. The van der Waals surface area contributed by atoms with E-state index >= 15 is 0 Å². The minimum absolute atomic E-state index is 0.00347. The molecule has 1 fully saturated rings. The molecule has 3 aromatic rings. The summed E-state index contributed by atoms with van der Waals surface area (Å²) < 4.78 is 26.6. The third-order valence-electron chi connectivity index (χ3n) is 4.62. The maximum atomic E-state index is 14.3. The van der Waals surface area contributed by atoms with Gasteiger partial charge in [0.1, 0.15) is 16.8 Å². The number of carbonyl (C=O) groups is 1. The molecule has 1 amide bonds. The molecular weight excluding hydrogens is 463 g/mol. The first kappa shape index (κ1) is 20.1. The molecule has 0 bridgehead atoms. The number of fused-ring (bicyclic) bond motifs is 1. The summed E-state index contributed by atoms with van der Waals surface area (Å²) in [5.74, 6) is -1.04. The van der Waals surface area contributed by atoms with Crippen LogP contribution in [0.2, 0.25) is 5.02 Å². The highest BCUT2D eigenvalue weighted by Crippen LogP contribution is 2.25. The molecule has 0 saturated carbocycles. The summed E-state index contributed by atoms with van der Waals surface area (Å²) in [7, 11) is 0. The third kappa shape index (κ3) is 4.52. The number of nitrogens with zero attached hydrogens (tertiary/aromatic N) is 1. The SMILES string of the molecule is O=C(NC[C@H]1CCCO1)c1cc2cc(Br)ccc2oc1=Nc1cccc(Cl)c1F. The number of hydrogen-bond donors (Lipinski definition) is 1. The summed E-state index contributed by atoms with van der Waals surface area (Å²) in [5.41, 5.74) is 0.717. The lowest BCUT2D eigenvalue weighted by Crippen LogP contribution is -2.34. The van der Waals surface area contributed by atoms with Crippen LogP contribution in [0, 0.1) is 5.82 Å². The first-order valence-electron chi connectivity index (χ1n) is 9.13. The highest BCUT2D eigenvalue weighted by Gasteiger charge is 2.19. The van der Waals surface area contributed by atoms with Gasteiger partial charge in [0.25, 0.3) is 5.91 Å². The van der Waals surface area contributed by atoms with E-state index in [0.29, 0.717) is 24.1 Å². The van der Waals surface area contributed by atoms with Gasteiger partial charge < -0.3 is 14.5 Å². The number of rotatable bonds is 4. The number of ether oxygens (including phenoxy) is 1. The molecule has 150 valence electrons. The van der Waals surface area contributed by atoms with Gasteiger partial charge in [-0.2, -0.15) is 0 Å². The van der Waals surface area contributed by atoms with Crippen molar-refractivity contribution in [1.82, 2.24) is 5.32 Å². The lowest BCUT2D eigenvalue weighted by molar-refractivity contribution is 0.0854. The van der Waals surface area contributed by atoms with Gasteiger partial charge in [-0.1, -0.05) is 33.6 Å². The van der Waals surface area contributed by atoms with Crippen LogP contribution in [0.15, 0.2) is 56.3 Å². The van der Waals surface area contributed by atoms with Gasteiger partial charge in [0, 0.05) is 23.0 Å². The van der Waals surface area contributed by atoms with E-state index in [0.717, 1.165) is 17.3 Å². The van der Waals surface area contributed by atoms with E-state index in [1.807, 2.05) is 12.1 Å². The van der Waals surface area contributed by atoms with E-state index in [1.54, 1.807) is 18.2 Å². The average Bonchev–Trinajstić information content (AvgIpc) is 3.23. The van der Waals surface area contributed by atoms with E-state index in [2.05, 4.69) is 26.2 Å². The molecule has 4 rings (SSSR count). The summed E-state index contributed by atoms with van der Waals surface area (Å²) >= 11 is 9.27. The Bertz CT molecular complexity index is 1140. The molecule has 0 spiro atoms. The molecule has 1 aliphatic rings. The monoisotopic (exact) mass is 478 g/mol. The Balaban J connectivity index is 1.79. The second-order valence-corrected chi connectivity index (χ2v) is 8.00. The molecule has 5 nitrogen and oxygen atoms in total. The Labute approximate surface area is 179 Å². The van der Waals surface area contributed by atoms with Crippen LogP contribution >= 0.6 is 27.5 Å². The fraction of sp³-hybridized carbons (Fsp3) is 0.238. The largest absolute Gasteiger partial charge is 0.438 e. The average molecular weight is 480 g/mol. The lowest BCUT2D eigenvalue weighted by Gasteiger charge is -2.11. The second-order valence-electron chi connectivity index (χ2n) is 6.68. The fourth-order valence-electron chi connectivity index (χ4n) is 3.14. The predicted octanol–water partition coefficient (Wildman–Crippen LogP) is 5.13. The zero-order chi connectivity index (χ0) is 20.4. The minimum Gasteiger partial charge on any atom is -0.438 e. The Kier molecular flexibility index (Phi) is 5.99. The molecule has 1 N–H and O–H groups in total. The summed E-state index contributed by atoms with van der Waals surface area (Å²) in [4.78, 5) is 17.1. The van der Waals surface area contributed by atoms with Crippen LogP contribution in [0.25, 0.3) is 11.0 Å². The molecule has 0 radical (unpaired) electrons. The van der Waals surface area contributed by atoms with E-state index in [1.165, 1.54) is 12.1 Å². The molecule has 1 saturated heterocycles. The van der Waals surface area contributed by atoms with Crippen LogP contribution in [-0.2, 0) is 4.74 Å². The number of benzene rings is 2. The molecule has 2 heterocycles. The van der Waals surface area contributed by atoms with Gasteiger partial charge in [-0.15, -0.1) is 0 Å². The molecule has 29 heavy (non-hydrogen) atoms. The zero-order valence-electron chi connectivity index (χ0n) is 15.3. The first-order valence-corrected chi connectivity index (χ1v) is 10.3. The first-order chi connectivity index (χ1) is 14.0. The van der Waals surface area contributed by atoms with Crippen LogP contribution in [0.4, 0.5) is 10.1 Å². The van der Waals surface area contributed by atoms with Crippen molar-refractivity contribution in [3.63, 3.8) is 0 Å². The molecule has 1 atom stereocenters. The van der Waals surface area contributed by atoms with E-state index in [4.69, 9.17) is 20.8 Å². The van der Waals surface area contributed by atoms with Gasteiger partial charge in [0.2, 0.25) is 5.55 Å². The highest BCUT2D eigenvalue weighted by atomic mass is 79.9. The van der Waals surface area contributed by atoms with Crippen molar-refractivity contribution < 1.29 is 18.3 Å².